The van der Waals surface area contributed by atoms with Crippen molar-refractivity contribution in [3.8, 4) is 5.75 Å². The van der Waals surface area contributed by atoms with E-state index in [4.69, 9.17) is 4.74 Å². The summed E-state index contributed by atoms with van der Waals surface area (Å²) in [4.78, 5) is 4.17. The highest BCUT2D eigenvalue weighted by Gasteiger charge is 2.15. The number of aromatic nitrogens is 1. The molecule has 0 unspecified atom stereocenters. The van der Waals surface area contributed by atoms with Crippen LogP contribution in [0.2, 0.25) is 0 Å². The van der Waals surface area contributed by atoms with Crippen molar-refractivity contribution in [2.75, 3.05) is 13.6 Å². The summed E-state index contributed by atoms with van der Waals surface area (Å²) >= 11 is 1.71. The van der Waals surface area contributed by atoms with Gasteiger partial charge in [0.1, 0.15) is 11.9 Å². The number of pyridine rings is 1. The van der Waals surface area contributed by atoms with Gasteiger partial charge in [-0.15, -0.1) is 0 Å². The van der Waals surface area contributed by atoms with E-state index in [2.05, 4.69) is 33.2 Å². The maximum absolute atomic E-state index is 6.31. The Labute approximate surface area is 128 Å². The molecule has 3 rings (SSSR count). The topological polar surface area (TPSA) is 34.1 Å². The zero-order chi connectivity index (χ0) is 14.5. The van der Waals surface area contributed by atoms with Crippen LogP contribution < -0.4 is 10.1 Å². The number of ether oxygens (including phenoxy) is 1. The third-order valence-electron chi connectivity index (χ3n) is 3.48. The highest BCUT2D eigenvalue weighted by molar-refractivity contribution is 7.07. The Balaban J connectivity index is 1.90. The maximum atomic E-state index is 6.31. The molecule has 2 heterocycles. The van der Waals surface area contributed by atoms with Crippen molar-refractivity contribution in [3.63, 3.8) is 0 Å². The summed E-state index contributed by atoms with van der Waals surface area (Å²) < 4.78 is 6.31. The van der Waals surface area contributed by atoms with E-state index in [9.17, 15) is 0 Å². The van der Waals surface area contributed by atoms with E-state index >= 15 is 0 Å². The molecule has 0 radical (unpaired) electrons. The quantitative estimate of drug-likeness (QED) is 0.746. The number of nitrogens with zero attached hydrogens (tertiary/aromatic N) is 1. The fourth-order valence-electron chi connectivity index (χ4n) is 2.38. The molecule has 108 valence electrons. The highest BCUT2D eigenvalue weighted by atomic mass is 32.1. The third-order valence-corrected chi connectivity index (χ3v) is 4.18. The minimum Gasteiger partial charge on any atom is -0.485 e. The van der Waals surface area contributed by atoms with Gasteiger partial charge >= 0.3 is 0 Å². The molecule has 1 N–H and O–H groups in total. The standard InChI is InChI=1S/C17H18N2OS/c1-18-8-6-16(14-7-10-21-12-14)20-17-4-2-3-13-11-19-9-5-15(13)17/h2-5,7,9-12,16,18H,6,8H2,1H3/t16-/m1/s1. The summed E-state index contributed by atoms with van der Waals surface area (Å²) in [6.07, 6.45) is 4.69. The normalized spacial score (nSPS) is 12.4. The van der Waals surface area contributed by atoms with E-state index < -0.39 is 0 Å². The van der Waals surface area contributed by atoms with Crippen molar-refractivity contribution in [3.05, 3.63) is 59.0 Å². The first-order valence-corrected chi connectivity index (χ1v) is 7.99. The molecule has 4 heteroatoms. The van der Waals surface area contributed by atoms with Gasteiger partial charge in [-0.1, -0.05) is 12.1 Å². The summed E-state index contributed by atoms with van der Waals surface area (Å²) in [5, 5.41) is 9.66. The summed E-state index contributed by atoms with van der Waals surface area (Å²) in [5.74, 6) is 0.919. The van der Waals surface area contributed by atoms with Gasteiger partial charge in [0.2, 0.25) is 0 Å². The fraction of sp³-hybridized carbons (Fsp3) is 0.235. The van der Waals surface area contributed by atoms with E-state index in [-0.39, 0.29) is 6.10 Å². The molecule has 3 aromatic rings. The molecule has 0 amide bonds. The predicted octanol–water partition coefficient (Wildman–Crippen LogP) is 4.03. The number of thiophene rings is 1. The van der Waals surface area contributed by atoms with Crippen molar-refractivity contribution in [2.45, 2.75) is 12.5 Å². The molecule has 0 saturated carbocycles. The van der Waals surface area contributed by atoms with Gasteiger partial charge in [0, 0.05) is 35.2 Å². The van der Waals surface area contributed by atoms with E-state index in [1.807, 2.05) is 37.6 Å². The van der Waals surface area contributed by atoms with Crippen LogP contribution in [0.15, 0.2) is 53.5 Å². The summed E-state index contributed by atoms with van der Waals surface area (Å²) in [5.41, 5.74) is 1.24. The van der Waals surface area contributed by atoms with Gasteiger partial charge in [0.15, 0.2) is 0 Å². The molecule has 0 spiro atoms. The van der Waals surface area contributed by atoms with Crippen LogP contribution in [0.4, 0.5) is 0 Å². The second kappa shape index (κ2) is 6.70. The molecule has 2 aromatic heterocycles. The molecular weight excluding hydrogens is 280 g/mol. The molecule has 3 nitrogen and oxygen atoms in total. The lowest BCUT2D eigenvalue weighted by atomic mass is 10.1. The minimum atomic E-state index is 0.0717. The van der Waals surface area contributed by atoms with Crippen molar-refractivity contribution in [2.24, 2.45) is 0 Å². The molecule has 1 aromatic carbocycles. The lowest BCUT2D eigenvalue weighted by Gasteiger charge is -2.19. The van der Waals surface area contributed by atoms with Crippen LogP contribution in [0.25, 0.3) is 10.8 Å². The van der Waals surface area contributed by atoms with Crippen LogP contribution in [0.3, 0.4) is 0 Å². The van der Waals surface area contributed by atoms with E-state index in [1.54, 1.807) is 11.3 Å². The first-order chi connectivity index (χ1) is 10.4. The minimum absolute atomic E-state index is 0.0717. The largest absolute Gasteiger partial charge is 0.485 e. The van der Waals surface area contributed by atoms with Crippen LogP contribution in [0.1, 0.15) is 18.1 Å². The Morgan fingerprint density at radius 2 is 2.24 bits per heavy atom. The summed E-state index contributed by atoms with van der Waals surface area (Å²) in [7, 11) is 1.97. The number of hydrogen-bond donors (Lipinski definition) is 1. The van der Waals surface area contributed by atoms with E-state index in [1.165, 1.54) is 5.56 Å². The fourth-order valence-corrected chi connectivity index (χ4v) is 3.08. The number of hydrogen-bond acceptors (Lipinski definition) is 4. The third kappa shape index (κ3) is 3.23. The SMILES string of the molecule is CNCC[C@@H](Oc1cccc2cnccc12)c1ccsc1. The molecule has 0 fully saturated rings. The van der Waals surface area contributed by atoms with Gasteiger partial charge < -0.3 is 10.1 Å². The average molecular weight is 298 g/mol. The van der Waals surface area contributed by atoms with Gasteiger partial charge in [-0.05, 0) is 42.6 Å². The number of fused-ring (bicyclic) bond motifs is 1. The monoisotopic (exact) mass is 298 g/mol. The van der Waals surface area contributed by atoms with Crippen LogP contribution in [-0.4, -0.2) is 18.6 Å². The average Bonchev–Trinajstić information content (AvgIpc) is 3.06. The van der Waals surface area contributed by atoms with E-state index in [0.717, 1.165) is 29.5 Å². The van der Waals surface area contributed by atoms with Crippen molar-refractivity contribution < 1.29 is 4.74 Å². The van der Waals surface area contributed by atoms with Gasteiger partial charge in [-0.3, -0.25) is 4.98 Å². The lowest BCUT2D eigenvalue weighted by molar-refractivity contribution is 0.198. The molecule has 0 aliphatic rings. The van der Waals surface area contributed by atoms with Crippen LogP contribution >= 0.6 is 11.3 Å². The first kappa shape index (κ1) is 14.0. The van der Waals surface area contributed by atoms with Crippen LogP contribution in [0, 0.1) is 0 Å². The van der Waals surface area contributed by atoms with Crippen molar-refractivity contribution in [1.82, 2.24) is 10.3 Å². The second-order valence-electron chi connectivity index (χ2n) is 4.91. The highest BCUT2D eigenvalue weighted by Crippen LogP contribution is 2.31. The molecule has 0 saturated heterocycles. The molecule has 21 heavy (non-hydrogen) atoms. The van der Waals surface area contributed by atoms with Gasteiger partial charge in [-0.25, -0.2) is 0 Å². The Bertz CT molecular complexity index is 692. The summed E-state index contributed by atoms with van der Waals surface area (Å²) in [6, 6.07) is 10.2. The number of rotatable bonds is 6. The van der Waals surface area contributed by atoms with Crippen molar-refractivity contribution in [1.29, 1.82) is 0 Å². The molecule has 0 bridgehead atoms. The zero-order valence-electron chi connectivity index (χ0n) is 12.0. The zero-order valence-corrected chi connectivity index (χ0v) is 12.8. The van der Waals surface area contributed by atoms with Gasteiger partial charge in [0.25, 0.3) is 0 Å². The molecule has 0 aliphatic heterocycles. The molecular formula is C17H18N2OS. The molecule has 0 aliphatic carbocycles. The Morgan fingerprint density at radius 3 is 3.05 bits per heavy atom. The maximum Gasteiger partial charge on any atom is 0.128 e. The number of nitrogens with one attached hydrogen (secondary N) is 1. The second-order valence-corrected chi connectivity index (χ2v) is 5.69. The Morgan fingerprint density at radius 1 is 1.29 bits per heavy atom. The van der Waals surface area contributed by atoms with E-state index in [0.29, 0.717) is 0 Å². The molecule has 1 atom stereocenters. The van der Waals surface area contributed by atoms with Crippen LogP contribution in [-0.2, 0) is 0 Å². The first-order valence-electron chi connectivity index (χ1n) is 7.04. The van der Waals surface area contributed by atoms with Crippen molar-refractivity contribution >= 4 is 22.1 Å². The smallest absolute Gasteiger partial charge is 0.128 e. The van der Waals surface area contributed by atoms with Gasteiger partial charge in [-0.2, -0.15) is 11.3 Å². The summed E-state index contributed by atoms with van der Waals surface area (Å²) in [6.45, 7) is 0.923. The van der Waals surface area contributed by atoms with Gasteiger partial charge in [0.05, 0.1) is 0 Å². The predicted molar refractivity (Wildman–Crippen MR) is 88.0 cm³/mol. The van der Waals surface area contributed by atoms with Crippen LogP contribution in [0.5, 0.6) is 5.75 Å². The lowest BCUT2D eigenvalue weighted by Crippen LogP contribution is -2.16. The Hall–Kier alpha value is -1.91. The Kier molecular flexibility index (Phi) is 4.48. The number of benzene rings is 1.